The molecule has 27 heavy (non-hydrogen) atoms. The Morgan fingerprint density at radius 3 is 2.44 bits per heavy atom. The van der Waals surface area contributed by atoms with Crippen LogP contribution in [0.3, 0.4) is 0 Å². The van der Waals surface area contributed by atoms with Crippen LogP contribution in [0, 0.1) is 6.92 Å². The van der Waals surface area contributed by atoms with Crippen molar-refractivity contribution >= 4 is 17.5 Å². The smallest absolute Gasteiger partial charge is 0.350 e. The molecule has 0 saturated carbocycles. The molecule has 5 nitrogen and oxygen atoms in total. The molecule has 142 valence electrons. The Labute approximate surface area is 159 Å². The lowest BCUT2D eigenvalue weighted by atomic mass is 10.1. The summed E-state index contributed by atoms with van der Waals surface area (Å²) in [5.41, 5.74) is 1.48. The summed E-state index contributed by atoms with van der Waals surface area (Å²) in [6.07, 6.45) is -2.90. The molecule has 1 N–H and O–H groups in total. The molecular formula is C18H17ClF3N5. The Balaban J connectivity index is 1.92. The Morgan fingerprint density at radius 2 is 1.85 bits per heavy atom. The first-order chi connectivity index (χ1) is 12.8. The number of nitrogens with zero attached hydrogens (tertiary/aromatic N) is 4. The fourth-order valence-electron chi connectivity index (χ4n) is 2.59. The van der Waals surface area contributed by atoms with Crippen molar-refractivity contribution in [2.75, 3.05) is 5.32 Å². The molecule has 3 aromatic rings. The Bertz CT molecular complexity index is 935. The highest BCUT2D eigenvalue weighted by Crippen LogP contribution is 2.31. The van der Waals surface area contributed by atoms with E-state index in [0.29, 0.717) is 17.1 Å². The summed E-state index contributed by atoms with van der Waals surface area (Å²) in [4.78, 5) is 7.84. The second-order valence-electron chi connectivity index (χ2n) is 5.89. The van der Waals surface area contributed by atoms with Gasteiger partial charge in [0.1, 0.15) is 0 Å². The summed E-state index contributed by atoms with van der Waals surface area (Å²) >= 11 is 5.85. The number of alkyl halides is 3. The van der Waals surface area contributed by atoms with E-state index < -0.39 is 11.9 Å². The summed E-state index contributed by atoms with van der Waals surface area (Å²) in [6.45, 7) is 4.85. The van der Waals surface area contributed by atoms with E-state index in [-0.39, 0.29) is 18.2 Å². The maximum atomic E-state index is 13.3. The summed E-state index contributed by atoms with van der Waals surface area (Å²) in [5.74, 6) is -0.0987. The molecule has 9 heteroatoms. The third-order valence-corrected chi connectivity index (χ3v) is 4.35. The molecule has 3 rings (SSSR count). The number of nitrogens with one attached hydrogen (secondary N) is 1. The lowest BCUT2D eigenvalue weighted by Crippen LogP contribution is -2.13. The van der Waals surface area contributed by atoms with E-state index in [1.165, 1.54) is 0 Å². The van der Waals surface area contributed by atoms with Crippen molar-refractivity contribution in [3.63, 3.8) is 0 Å². The van der Waals surface area contributed by atoms with E-state index in [9.17, 15) is 13.2 Å². The highest BCUT2D eigenvalue weighted by molar-refractivity contribution is 6.30. The van der Waals surface area contributed by atoms with E-state index in [1.54, 1.807) is 30.5 Å². The number of hydrogen-bond donors (Lipinski definition) is 1. The van der Waals surface area contributed by atoms with Gasteiger partial charge in [-0.25, -0.2) is 9.97 Å². The van der Waals surface area contributed by atoms with Gasteiger partial charge >= 0.3 is 6.18 Å². The number of aryl methyl sites for hydroxylation is 1. The van der Waals surface area contributed by atoms with E-state index >= 15 is 0 Å². The summed E-state index contributed by atoms with van der Waals surface area (Å²) < 4.78 is 41.6. The zero-order valence-corrected chi connectivity index (χ0v) is 15.4. The molecule has 1 aromatic carbocycles. The number of rotatable bonds is 5. The zero-order chi connectivity index (χ0) is 19.6. The second-order valence-corrected chi connectivity index (χ2v) is 6.33. The van der Waals surface area contributed by atoms with E-state index in [1.807, 2.05) is 18.5 Å². The number of anilines is 1. The van der Waals surface area contributed by atoms with Gasteiger partial charge in [0, 0.05) is 34.9 Å². The van der Waals surface area contributed by atoms with Crippen LogP contribution in [0.4, 0.5) is 19.1 Å². The first kappa shape index (κ1) is 19.2. The van der Waals surface area contributed by atoms with Crippen LogP contribution in [0.25, 0.3) is 11.3 Å². The molecule has 0 spiro atoms. The Kier molecular flexibility index (Phi) is 5.36. The quantitative estimate of drug-likeness (QED) is 0.664. The lowest BCUT2D eigenvalue weighted by molar-refractivity contribution is -0.141. The molecule has 0 atom stereocenters. The van der Waals surface area contributed by atoms with Crippen LogP contribution < -0.4 is 5.32 Å². The summed E-state index contributed by atoms with van der Waals surface area (Å²) in [7, 11) is 0. The fraction of sp³-hybridized carbons (Fsp3) is 0.278. The van der Waals surface area contributed by atoms with Crippen molar-refractivity contribution in [3.05, 3.63) is 58.5 Å². The molecule has 0 aliphatic heterocycles. The van der Waals surface area contributed by atoms with Crippen molar-refractivity contribution < 1.29 is 13.2 Å². The molecule has 0 amide bonds. The monoisotopic (exact) mass is 395 g/mol. The fourth-order valence-corrected chi connectivity index (χ4v) is 2.72. The van der Waals surface area contributed by atoms with Gasteiger partial charge in [0.2, 0.25) is 5.95 Å². The van der Waals surface area contributed by atoms with Gasteiger partial charge in [0.05, 0.1) is 11.9 Å². The molecule has 0 fully saturated rings. The van der Waals surface area contributed by atoms with Crippen LogP contribution in [0.1, 0.15) is 23.9 Å². The molecule has 0 aliphatic carbocycles. The Hall–Kier alpha value is -2.61. The molecule has 2 heterocycles. The standard InChI is InChI=1S/C18H17ClF3N5/c1-3-27-11(2)13(10-24-27)9-23-17-25-15(8-16(26-17)18(20,21)22)12-4-6-14(19)7-5-12/h4-8,10H,3,9H2,1-2H3,(H,23,25,26). The molecular weight excluding hydrogens is 379 g/mol. The van der Waals surface area contributed by atoms with Crippen LogP contribution in [0.15, 0.2) is 36.5 Å². The van der Waals surface area contributed by atoms with Crippen molar-refractivity contribution in [1.82, 2.24) is 19.7 Å². The predicted molar refractivity (Wildman–Crippen MR) is 97.4 cm³/mol. The largest absolute Gasteiger partial charge is 0.433 e. The molecule has 0 radical (unpaired) electrons. The normalized spacial score (nSPS) is 11.6. The van der Waals surface area contributed by atoms with Crippen molar-refractivity contribution in [2.45, 2.75) is 33.1 Å². The predicted octanol–water partition coefficient (Wildman–Crippen LogP) is 4.95. The first-order valence-corrected chi connectivity index (χ1v) is 8.63. The van der Waals surface area contributed by atoms with Crippen LogP contribution in [-0.4, -0.2) is 19.7 Å². The molecule has 2 aromatic heterocycles. The molecule has 0 aliphatic rings. The van der Waals surface area contributed by atoms with Gasteiger partial charge < -0.3 is 5.32 Å². The van der Waals surface area contributed by atoms with Gasteiger partial charge in [-0.1, -0.05) is 23.7 Å². The third-order valence-electron chi connectivity index (χ3n) is 4.10. The number of aromatic nitrogens is 4. The minimum Gasteiger partial charge on any atom is -0.350 e. The molecule has 0 bridgehead atoms. The van der Waals surface area contributed by atoms with Gasteiger partial charge in [0.15, 0.2) is 5.69 Å². The average Bonchev–Trinajstić information content (AvgIpc) is 2.99. The maximum absolute atomic E-state index is 13.3. The maximum Gasteiger partial charge on any atom is 0.433 e. The second kappa shape index (κ2) is 7.56. The average molecular weight is 396 g/mol. The van der Waals surface area contributed by atoms with Crippen molar-refractivity contribution in [3.8, 4) is 11.3 Å². The Morgan fingerprint density at radius 1 is 1.15 bits per heavy atom. The highest BCUT2D eigenvalue weighted by Gasteiger charge is 2.33. The number of hydrogen-bond acceptors (Lipinski definition) is 4. The van der Waals surface area contributed by atoms with E-state index in [4.69, 9.17) is 11.6 Å². The number of benzene rings is 1. The minimum absolute atomic E-state index is 0.0987. The number of halogens is 4. The minimum atomic E-state index is -4.58. The lowest BCUT2D eigenvalue weighted by Gasteiger charge is -2.12. The SMILES string of the molecule is CCn1ncc(CNc2nc(-c3ccc(Cl)cc3)cc(C(F)(F)F)n2)c1C. The topological polar surface area (TPSA) is 55.6 Å². The third kappa shape index (κ3) is 4.39. The molecule has 0 saturated heterocycles. The van der Waals surface area contributed by atoms with Crippen LogP contribution >= 0.6 is 11.6 Å². The van der Waals surface area contributed by atoms with Crippen molar-refractivity contribution in [1.29, 1.82) is 0 Å². The van der Waals surface area contributed by atoms with Gasteiger partial charge in [-0.05, 0) is 32.0 Å². The summed E-state index contributed by atoms with van der Waals surface area (Å²) in [5, 5.41) is 7.58. The zero-order valence-electron chi connectivity index (χ0n) is 14.7. The van der Waals surface area contributed by atoms with Gasteiger partial charge in [0.25, 0.3) is 0 Å². The van der Waals surface area contributed by atoms with Gasteiger partial charge in [-0.2, -0.15) is 18.3 Å². The highest BCUT2D eigenvalue weighted by atomic mass is 35.5. The van der Waals surface area contributed by atoms with Gasteiger partial charge in [-0.15, -0.1) is 0 Å². The van der Waals surface area contributed by atoms with E-state index in [0.717, 1.165) is 17.3 Å². The van der Waals surface area contributed by atoms with Crippen LogP contribution in [0.2, 0.25) is 5.02 Å². The van der Waals surface area contributed by atoms with Crippen LogP contribution in [0.5, 0.6) is 0 Å². The first-order valence-electron chi connectivity index (χ1n) is 8.25. The molecule has 0 unspecified atom stereocenters. The van der Waals surface area contributed by atoms with Crippen molar-refractivity contribution in [2.24, 2.45) is 0 Å². The van der Waals surface area contributed by atoms with Crippen LogP contribution in [-0.2, 0) is 19.3 Å². The summed E-state index contributed by atoms with van der Waals surface area (Å²) in [6, 6.07) is 7.35. The van der Waals surface area contributed by atoms with Gasteiger partial charge in [-0.3, -0.25) is 4.68 Å². The van der Waals surface area contributed by atoms with E-state index in [2.05, 4.69) is 20.4 Å².